The highest BCUT2D eigenvalue weighted by atomic mass is 32.2. The SMILES string of the molecule is CCOc1cc(C=C2SC(=S)N(C)C2=O)ccc1OCCOc1ccc(OC)cc1. The molecule has 0 saturated carbocycles. The Morgan fingerprint density at radius 1 is 1.00 bits per heavy atom. The Morgan fingerprint density at radius 3 is 2.33 bits per heavy atom. The molecule has 0 aromatic heterocycles. The Labute approximate surface area is 185 Å². The first-order chi connectivity index (χ1) is 14.5. The molecule has 0 radical (unpaired) electrons. The Morgan fingerprint density at radius 2 is 1.70 bits per heavy atom. The number of amides is 1. The number of hydrogen-bond donors (Lipinski definition) is 0. The van der Waals surface area contributed by atoms with E-state index >= 15 is 0 Å². The van der Waals surface area contributed by atoms with Gasteiger partial charge in [0.15, 0.2) is 11.5 Å². The molecule has 1 saturated heterocycles. The van der Waals surface area contributed by atoms with E-state index in [1.165, 1.54) is 16.7 Å². The van der Waals surface area contributed by atoms with E-state index in [1.807, 2.05) is 55.5 Å². The largest absolute Gasteiger partial charge is 0.497 e. The van der Waals surface area contributed by atoms with E-state index in [0.29, 0.717) is 40.5 Å². The average Bonchev–Trinajstić information content (AvgIpc) is 2.99. The van der Waals surface area contributed by atoms with Crippen molar-refractivity contribution in [1.29, 1.82) is 0 Å². The molecule has 1 fully saturated rings. The zero-order valence-corrected chi connectivity index (χ0v) is 18.7. The second kappa shape index (κ2) is 10.4. The molecule has 6 nitrogen and oxygen atoms in total. The number of benzene rings is 2. The first-order valence-corrected chi connectivity index (χ1v) is 10.6. The number of rotatable bonds is 9. The number of ether oxygens (including phenoxy) is 4. The van der Waals surface area contributed by atoms with Gasteiger partial charge in [-0.3, -0.25) is 9.69 Å². The van der Waals surface area contributed by atoms with Crippen LogP contribution >= 0.6 is 24.0 Å². The molecule has 3 rings (SSSR count). The number of thiocarbonyl (C=S) groups is 1. The van der Waals surface area contributed by atoms with Gasteiger partial charge in [-0.2, -0.15) is 0 Å². The summed E-state index contributed by atoms with van der Waals surface area (Å²) in [6.07, 6.45) is 1.81. The summed E-state index contributed by atoms with van der Waals surface area (Å²) in [6.45, 7) is 3.16. The van der Waals surface area contributed by atoms with E-state index in [0.717, 1.165) is 17.1 Å². The Kier molecular flexibility index (Phi) is 7.59. The topological polar surface area (TPSA) is 57.2 Å². The molecule has 0 unspecified atom stereocenters. The summed E-state index contributed by atoms with van der Waals surface area (Å²) in [5, 5.41) is 0. The Balaban J connectivity index is 1.62. The quantitative estimate of drug-likeness (QED) is 0.322. The van der Waals surface area contributed by atoms with Gasteiger partial charge < -0.3 is 18.9 Å². The zero-order chi connectivity index (χ0) is 21.5. The van der Waals surface area contributed by atoms with Gasteiger partial charge in [-0.25, -0.2) is 0 Å². The van der Waals surface area contributed by atoms with Crippen LogP contribution in [0.2, 0.25) is 0 Å². The number of thioether (sulfide) groups is 1. The van der Waals surface area contributed by atoms with E-state index < -0.39 is 0 Å². The highest BCUT2D eigenvalue weighted by Crippen LogP contribution is 2.34. The highest BCUT2D eigenvalue weighted by Gasteiger charge is 2.28. The van der Waals surface area contributed by atoms with Gasteiger partial charge >= 0.3 is 0 Å². The van der Waals surface area contributed by atoms with E-state index in [4.69, 9.17) is 31.2 Å². The number of carbonyl (C=O) groups is 1. The number of hydrogen-bond acceptors (Lipinski definition) is 7. The summed E-state index contributed by atoms with van der Waals surface area (Å²) in [5.41, 5.74) is 0.842. The molecule has 0 atom stereocenters. The number of nitrogens with zero attached hydrogens (tertiary/aromatic N) is 1. The average molecular weight is 446 g/mol. The number of likely N-dealkylation sites (N-methyl/N-ethyl adjacent to an activating group) is 1. The van der Waals surface area contributed by atoms with Crippen molar-refractivity contribution in [2.45, 2.75) is 6.92 Å². The lowest BCUT2D eigenvalue weighted by atomic mass is 10.2. The van der Waals surface area contributed by atoms with Crippen LogP contribution in [0.15, 0.2) is 47.4 Å². The van der Waals surface area contributed by atoms with Crippen molar-refractivity contribution in [1.82, 2.24) is 4.90 Å². The molecule has 0 bridgehead atoms. The standard InChI is InChI=1S/C22H23NO5S2/c1-4-26-19-13-15(14-20-21(24)23(2)22(29)30-20)5-10-18(19)28-12-11-27-17-8-6-16(25-3)7-9-17/h5-10,13-14H,4,11-12H2,1-3H3. The molecule has 0 spiro atoms. The van der Waals surface area contributed by atoms with Crippen LogP contribution in [0.3, 0.4) is 0 Å². The second-order valence-corrected chi connectivity index (χ2v) is 7.93. The minimum atomic E-state index is -0.0982. The van der Waals surface area contributed by atoms with Gasteiger partial charge in [0.05, 0.1) is 18.6 Å². The van der Waals surface area contributed by atoms with E-state index in [9.17, 15) is 4.79 Å². The maximum Gasteiger partial charge on any atom is 0.265 e. The fraction of sp³-hybridized carbons (Fsp3) is 0.273. The lowest BCUT2D eigenvalue weighted by Gasteiger charge is -2.13. The van der Waals surface area contributed by atoms with Gasteiger partial charge in [0.1, 0.15) is 29.0 Å². The van der Waals surface area contributed by atoms with Crippen LogP contribution < -0.4 is 18.9 Å². The molecule has 30 heavy (non-hydrogen) atoms. The first kappa shape index (κ1) is 22.0. The van der Waals surface area contributed by atoms with Crippen LogP contribution in [0.25, 0.3) is 6.08 Å². The monoisotopic (exact) mass is 445 g/mol. The van der Waals surface area contributed by atoms with Crippen LogP contribution in [0.5, 0.6) is 23.0 Å². The third-order valence-electron chi connectivity index (χ3n) is 4.22. The molecule has 2 aromatic carbocycles. The minimum Gasteiger partial charge on any atom is -0.497 e. The lowest BCUT2D eigenvalue weighted by molar-refractivity contribution is -0.121. The summed E-state index contributed by atoms with van der Waals surface area (Å²) in [5.74, 6) is 2.66. The molecule has 0 N–H and O–H groups in total. The third-order valence-corrected chi connectivity index (χ3v) is 5.71. The van der Waals surface area contributed by atoms with Gasteiger partial charge in [0.2, 0.25) is 0 Å². The van der Waals surface area contributed by atoms with Crippen molar-refractivity contribution in [3.63, 3.8) is 0 Å². The van der Waals surface area contributed by atoms with E-state index in [2.05, 4.69) is 0 Å². The lowest BCUT2D eigenvalue weighted by Crippen LogP contribution is -2.22. The number of carbonyl (C=O) groups excluding carboxylic acids is 1. The molecule has 1 aliphatic rings. The van der Waals surface area contributed by atoms with E-state index in [-0.39, 0.29) is 5.91 Å². The van der Waals surface area contributed by atoms with Gasteiger partial charge in [-0.05, 0) is 55.0 Å². The normalized spacial score (nSPS) is 14.9. The maximum atomic E-state index is 12.2. The molecular weight excluding hydrogens is 422 g/mol. The summed E-state index contributed by atoms with van der Waals surface area (Å²) in [4.78, 5) is 14.3. The molecule has 1 amide bonds. The van der Waals surface area contributed by atoms with Crippen molar-refractivity contribution in [3.8, 4) is 23.0 Å². The minimum absolute atomic E-state index is 0.0982. The molecule has 1 heterocycles. The van der Waals surface area contributed by atoms with E-state index in [1.54, 1.807) is 14.2 Å². The van der Waals surface area contributed by atoms with Gasteiger partial charge in [-0.1, -0.05) is 30.0 Å². The van der Waals surface area contributed by atoms with Gasteiger partial charge in [-0.15, -0.1) is 0 Å². The maximum absolute atomic E-state index is 12.2. The van der Waals surface area contributed by atoms with Crippen LogP contribution in [0.1, 0.15) is 12.5 Å². The van der Waals surface area contributed by atoms with Crippen molar-refractivity contribution < 1.29 is 23.7 Å². The van der Waals surface area contributed by atoms with Gasteiger partial charge in [0, 0.05) is 7.05 Å². The van der Waals surface area contributed by atoms with Crippen molar-refractivity contribution in [2.75, 3.05) is 34.0 Å². The fourth-order valence-corrected chi connectivity index (χ4v) is 3.86. The summed E-state index contributed by atoms with van der Waals surface area (Å²) in [6, 6.07) is 12.9. The van der Waals surface area contributed by atoms with Crippen molar-refractivity contribution >= 4 is 40.3 Å². The molecule has 0 aliphatic carbocycles. The second-order valence-electron chi connectivity index (χ2n) is 6.25. The van der Waals surface area contributed by atoms with Crippen LogP contribution in [-0.2, 0) is 4.79 Å². The van der Waals surface area contributed by atoms with Crippen LogP contribution in [0.4, 0.5) is 0 Å². The fourth-order valence-electron chi connectivity index (χ4n) is 2.68. The Bertz CT molecular complexity index is 943. The number of methoxy groups -OCH3 is 1. The molecule has 1 aliphatic heterocycles. The van der Waals surface area contributed by atoms with Crippen LogP contribution in [0, 0.1) is 0 Å². The first-order valence-electron chi connectivity index (χ1n) is 9.40. The molecular formula is C22H23NO5S2. The summed E-state index contributed by atoms with van der Waals surface area (Å²) >= 11 is 6.46. The Hall–Kier alpha value is -2.71. The zero-order valence-electron chi connectivity index (χ0n) is 17.0. The summed E-state index contributed by atoms with van der Waals surface area (Å²) in [7, 11) is 3.30. The van der Waals surface area contributed by atoms with Crippen molar-refractivity contribution in [3.05, 3.63) is 52.9 Å². The van der Waals surface area contributed by atoms with Crippen molar-refractivity contribution in [2.24, 2.45) is 0 Å². The molecule has 2 aromatic rings. The predicted octanol–water partition coefficient (Wildman–Crippen LogP) is 4.38. The van der Waals surface area contributed by atoms with Crippen LogP contribution in [-0.4, -0.2) is 49.1 Å². The highest BCUT2D eigenvalue weighted by molar-refractivity contribution is 8.26. The smallest absolute Gasteiger partial charge is 0.265 e. The molecule has 8 heteroatoms. The third kappa shape index (κ3) is 5.46. The van der Waals surface area contributed by atoms with Gasteiger partial charge in [0.25, 0.3) is 5.91 Å². The molecule has 158 valence electrons. The predicted molar refractivity (Wildman–Crippen MR) is 123 cm³/mol. The summed E-state index contributed by atoms with van der Waals surface area (Å²) < 4.78 is 22.9.